The zero-order valence-corrected chi connectivity index (χ0v) is 27.2. The van der Waals surface area contributed by atoms with Crippen LogP contribution in [0.1, 0.15) is 38.3 Å². The summed E-state index contributed by atoms with van der Waals surface area (Å²) in [4.78, 5) is 10.2. The lowest BCUT2D eigenvalue weighted by Gasteiger charge is -2.24. The fourth-order valence-corrected chi connectivity index (χ4v) is 3.58. The Bertz CT molecular complexity index is 1290. The van der Waals surface area contributed by atoms with Gasteiger partial charge < -0.3 is 35.8 Å². The van der Waals surface area contributed by atoms with Crippen molar-refractivity contribution in [2.45, 2.75) is 39.4 Å². The van der Waals surface area contributed by atoms with Crippen LogP contribution < -0.4 is 26.0 Å². The average Bonchev–Trinajstić information content (AvgIpc) is 3.03. The van der Waals surface area contributed by atoms with Gasteiger partial charge in [-0.25, -0.2) is 14.4 Å². The van der Waals surface area contributed by atoms with Gasteiger partial charge in [0.25, 0.3) is 0 Å². The molecule has 2 atom stereocenters. The predicted octanol–water partition coefficient (Wildman–Crippen LogP) is 6.23. The first-order chi connectivity index (χ1) is 21.2. The maximum absolute atomic E-state index is 14.1. The number of aromatic nitrogens is 2. The molecule has 0 aliphatic heterocycles. The van der Waals surface area contributed by atoms with E-state index in [4.69, 9.17) is 20.3 Å². The number of nitrogen functional groups attached to an aromatic ring is 1. The first-order valence-electron chi connectivity index (χ1n) is 14.2. The van der Waals surface area contributed by atoms with Gasteiger partial charge in [0.15, 0.2) is 23.2 Å². The minimum Gasteiger partial charge on any atom is -0.487 e. The summed E-state index contributed by atoms with van der Waals surface area (Å²) in [5.41, 5.74) is 8.31. The Morgan fingerprint density at radius 1 is 1.16 bits per heavy atom. The number of hydrogen-bond donors (Lipinski definition) is 5. The summed E-state index contributed by atoms with van der Waals surface area (Å²) in [5.74, 6) is 1.30. The molecule has 1 heterocycles. The molecule has 0 spiro atoms. The van der Waals surface area contributed by atoms with E-state index in [1.807, 2.05) is 57.3 Å². The van der Waals surface area contributed by atoms with Crippen LogP contribution in [0.4, 0.5) is 21.7 Å². The summed E-state index contributed by atoms with van der Waals surface area (Å²) in [7, 11) is 1.81. The smallest absolute Gasteiger partial charge is 0.165 e. The third kappa shape index (κ3) is 13.5. The van der Waals surface area contributed by atoms with Crippen molar-refractivity contribution in [3.8, 4) is 5.75 Å². The van der Waals surface area contributed by atoms with Crippen LogP contribution in [0.2, 0.25) is 0 Å². The normalized spacial score (nSPS) is 11.6. The molecule has 2 aromatic carbocycles. The van der Waals surface area contributed by atoms with Gasteiger partial charge >= 0.3 is 0 Å². The molecule has 0 bridgehead atoms. The number of thiol groups is 1. The van der Waals surface area contributed by atoms with Gasteiger partial charge in [-0.3, -0.25) is 0 Å². The second-order valence-electron chi connectivity index (χ2n) is 9.30. The molecule has 0 aliphatic carbocycles. The number of ether oxygens (including phenoxy) is 2. The number of anilines is 3. The Morgan fingerprint density at radius 3 is 2.48 bits per heavy atom. The first-order valence-corrected chi connectivity index (χ1v) is 15.1. The summed E-state index contributed by atoms with van der Waals surface area (Å²) in [6, 6.07) is 14.6. The molecule has 3 aromatic rings. The second-order valence-corrected chi connectivity index (χ2v) is 9.30. The van der Waals surface area contributed by atoms with Crippen LogP contribution >= 0.6 is 12.6 Å². The molecule has 0 saturated carbocycles. The van der Waals surface area contributed by atoms with E-state index in [1.165, 1.54) is 12.4 Å². The number of benzene rings is 2. The van der Waals surface area contributed by atoms with Crippen molar-refractivity contribution in [2.75, 3.05) is 49.1 Å². The molecule has 0 amide bonds. The Labute approximate surface area is 267 Å². The van der Waals surface area contributed by atoms with E-state index in [1.54, 1.807) is 42.4 Å². The molecule has 0 aliphatic rings. The van der Waals surface area contributed by atoms with Crippen molar-refractivity contribution in [1.29, 1.82) is 0 Å². The number of hydrogen-bond acceptors (Lipinski definition) is 10. The van der Waals surface area contributed by atoms with Gasteiger partial charge in [0.2, 0.25) is 0 Å². The van der Waals surface area contributed by atoms with Crippen molar-refractivity contribution < 1.29 is 19.0 Å². The fraction of sp³-hybridized carbons (Fsp3) is 0.333. The minimum atomic E-state index is -0.433. The third-order valence-electron chi connectivity index (χ3n) is 5.84. The molecule has 1 aromatic heterocycles. The Balaban J connectivity index is 0.000000620. The predicted molar refractivity (Wildman–Crippen MR) is 185 cm³/mol. The summed E-state index contributed by atoms with van der Waals surface area (Å²) >= 11 is 3.53. The highest BCUT2D eigenvalue weighted by Gasteiger charge is 2.16. The average molecular weight is 627 g/mol. The molecule has 5 N–H and O–H groups in total. The van der Waals surface area contributed by atoms with E-state index in [0.29, 0.717) is 35.1 Å². The van der Waals surface area contributed by atoms with Gasteiger partial charge in [-0.05, 0) is 38.2 Å². The van der Waals surface area contributed by atoms with Crippen LogP contribution in [0.15, 0.2) is 79.9 Å². The largest absolute Gasteiger partial charge is 0.487 e. The molecule has 1 unspecified atom stereocenters. The maximum atomic E-state index is 14.1. The van der Waals surface area contributed by atoms with Crippen LogP contribution in [-0.2, 0) is 4.74 Å². The fourth-order valence-electron chi connectivity index (χ4n) is 3.58. The third-order valence-corrected chi connectivity index (χ3v) is 5.84. The SMILES string of the molecule is C=Cc1cccc(F)c1OCC(CC)OCN(C)c1ncnc(NC(=C)NCC)c1N.CS.C[C@@H](O)/C=C/c1ccccc1. The summed E-state index contributed by atoms with van der Waals surface area (Å²) in [6.45, 7) is 14.4. The van der Waals surface area contributed by atoms with Crippen LogP contribution in [0.3, 0.4) is 0 Å². The molecule has 0 fully saturated rings. The van der Waals surface area contributed by atoms with Crippen molar-refractivity contribution in [3.05, 3.63) is 96.9 Å². The number of nitrogens with one attached hydrogen (secondary N) is 2. The van der Waals surface area contributed by atoms with E-state index < -0.39 is 5.82 Å². The molecule has 3 rings (SSSR count). The van der Waals surface area contributed by atoms with Crippen LogP contribution in [0, 0.1) is 5.82 Å². The Morgan fingerprint density at radius 2 is 1.86 bits per heavy atom. The first kappa shape index (κ1) is 38.0. The molecule has 0 saturated heterocycles. The van der Waals surface area contributed by atoms with Gasteiger partial charge in [0, 0.05) is 19.2 Å². The number of para-hydroxylation sites is 1. The lowest BCUT2D eigenvalue weighted by Crippen LogP contribution is -2.30. The van der Waals surface area contributed by atoms with E-state index in [-0.39, 0.29) is 31.3 Å². The van der Waals surface area contributed by atoms with Crippen LogP contribution in [-0.4, -0.2) is 60.5 Å². The van der Waals surface area contributed by atoms with Gasteiger partial charge in [-0.2, -0.15) is 12.6 Å². The zero-order valence-electron chi connectivity index (χ0n) is 26.3. The minimum absolute atomic E-state index is 0.171. The monoisotopic (exact) mass is 626 g/mol. The van der Waals surface area contributed by atoms with E-state index >= 15 is 0 Å². The number of nitrogens with zero attached hydrogens (tertiary/aromatic N) is 3. The van der Waals surface area contributed by atoms with Gasteiger partial charge in [-0.1, -0.05) is 80.8 Å². The maximum Gasteiger partial charge on any atom is 0.165 e. The Kier molecular flexibility index (Phi) is 18.6. The van der Waals surface area contributed by atoms with E-state index in [2.05, 4.69) is 46.4 Å². The summed E-state index contributed by atoms with van der Waals surface area (Å²) in [6.07, 6.45) is 8.39. The van der Waals surface area contributed by atoms with Crippen molar-refractivity contribution in [2.24, 2.45) is 0 Å². The second kappa shape index (κ2) is 21.6. The van der Waals surface area contributed by atoms with Gasteiger partial charge in [-0.15, -0.1) is 0 Å². The molecule has 0 radical (unpaired) electrons. The van der Waals surface area contributed by atoms with Gasteiger partial charge in [0.05, 0.1) is 18.0 Å². The van der Waals surface area contributed by atoms with Crippen LogP contribution in [0.25, 0.3) is 12.2 Å². The van der Waals surface area contributed by atoms with Crippen molar-refractivity contribution >= 4 is 42.1 Å². The number of aliphatic hydroxyl groups is 1. The highest BCUT2D eigenvalue weighted by Crippen LogP contribution is 2.26. The lowest BCUT2D eigenvalue weighted by atomic mass is 10.2. The number of aliphatic hydroxyl groups excluding tert-OH is 1. The molecular formula is C33H47FN6O3S. The quantitative estimate of drug-likeness (QED) is 0.0989. The Hall–Kier alpha value is -4.06. The molecule has 9 nitrogen and oxygen atoms in total. The summed E-state index contributed by atoms with van der Waals surface area (Å²) in [5, 5.41) is 15.0. The summed E-state index contributed by atoms with van der Waals surface area (Å²) < 4.78 is 25.7. The molecule has 11 heteroatoms. The zero-order chi connectivity index (χ0) is 32.9. The van der Waals surface area contributed by atoms with E-state index in [0.717, 1.165) is 12.1 Å². The van der Waals surface area contributed by atoms with Crippen molar-refractivity contribution in [1.82, 2.24) is 15.3 Å². The topological polar surface area (TPSA) is 118 Å². The lowest BCUT2D eigenvalue weighted by molar-refractivity contribution is 0.0190. The highest BCUT2D eigenvalue weighted by atomic mass is 32.1. The number of nitrogens with two attached hydrogens (primary N) is 1. The molecule has 240 valence electrons. The number of rotatable bonds is 15. The van der Waals surface area contributed by atoms with Crippen LogP contribution in [0.5, 0.6) is 5.75 Å². The van der Waals surface area contributed by atoms with E-state index in [9.17, 15) is 4.39 Å². The molecule has 44 heavy (non-hydrogen) atoms. The van der Waals surface area contributed by atoms with Gasteiger partial charge in [0.1, 0.15) is 25.4 Å². The highest BCUT2D eigenvalue weighted by molar-refractivity contribution is 7.79. The van der Waals surface area contributed by atoms with Crippen molar-refractivity contribution in [3.63, 3.8) is 0 Å². The standard InChI is InChI=1S/C22H31FN6O2.C10H12O.CH4S/c1-6-16-10-9-11-18(23)20(16)30-12-17(7-2)31-14-29(5)22-19(24)21(26-13-27-22)28-15(4)25-8-3;1-9(11)7-8-10-5-3-2-4-6-10;1-2/h6,9-11,13,17,25H,1,4,7-8,12,14,24H2,2-3,5H3,(H,26,27,28);2-9,11H,1H3;2H,1H3/b;8-7+;/t;9-;/m.1./s1. The molecular weight excluding hydrogens is 579 g/mol. The number of halogens is 1.